The van der Waals surface area contributed by atoms with E-state index in [4.69, 9.17) is 32.7 Å². The van der Waals surface area contributed by atoms with Crippen molar-refractivity contribution >= 4 is 40.9 Å². The molecule has 0 spiro atoms. The Morgan fingerprint density at radius 1 is 1.09 bits per heavy atom. The molecule has 0 aromatic heterocycles. The number of hydrogen-bond donors (Lipinski definition) is 1. The van der Waals surface area contributed by atoms with Crippen molar-refractivity contribution < 1.29 is 14.3 Å². The van der Waals surface area contributed by atoms with Crippen LogP contribution < -0.4 is 14.8 Å². The molecule has 0 atom stereocenters. The van der Waals surface area contributed by atoms with Crippen molar-refractivity contribution in [2.75, 3.05) is 12.4 Å². The number of carbonyl (C=O) groups is 1. The van der Waals surface area contributed by atoms with Gasteiger partial charge in [-0.2, -0.15) is 5.26 Å². The third kappa shape index (κ3) is 5.82. The summed E-state index contributed by atoms with van der Waals surface area (Å²) in [6.07, 6.45) is 1.42. The molecule has 0 saturated heterocycles. The van der Waals surface area contributed by atoms with E-state index in [9.17, 15) is 10.1 Å². The summed E-state index contributed by atoms with van der Waals surface area (Å²) < 4.78 is 11.3. The summed E-state index contributed by atoms with van der Waals surface area (Å²) in [5.74, 6) is 0.183. The van der Waals surface area contributed by atoms with Gasteiger partial charge < -0.3 is 14.8 Å². The average Bonchev–Trinajstić information content (AvgIpc) is 2.77. The highest BCUT2D eigenvalue weighted by Gasteiger charge is 2.15. The molecule has 162 valence electrons. The second-order valence-electron chi connectivity index (χ2n) is 6.92. The minimum Gasteiger partial charge on any atom is -0.493 e. The number of carbonyl (C=O) groups excluding carboxylic acids is 1. The molecule has 0 heterocycles. The van der Waals surface area contributed by atoms with Crippen LogP contribution in [-0.2, 0) is 11.4 Å². The highest BCUT2D eigenvalue weighted by Crippen LogP contribution is 2.37. The molecule has 0 saturated carbocycles. The van der Waals surface area contributed by atoms with Crippen LogP contribution in [0.3, 0.4) is 0 Å². The minimum absolute atomic E-state index is 0.114. The Kier molecular flexibility index (Phi) is 7.77. The van der Waals surface area contributed by atoms with E-state index >= 15 is 0 Å². The number of hydrogen-bond acceptors (Lipinski definition) is 4. The number of halogens is 2. The summed E-state index contributed by atoms with van der Waals surface area (Å²) in [6.45, 7) is 2.32. The van der Waals surface area contributed by atoms with E-state index in [0.29, 0.717) is 39.4 Å². The number of ether oxygens (including phenoxy) is 2. The summed E-state index contributed by atoms with van der Waals surface area (Å²) in [6, 6.07) is 19.9. The lowest BCUT2D eigenvalue weighted by molar-refractivity contribution is -0.112. The van der Waals surface area contributed by atoms with Gasteiger partial charge in [0.25, 0.3) is 5.91 Å². The Morgan fingerprint density at radius 3 is 2.56 bits per heavy atom. The highest BCUT2D eigenvalue weighted by molar-refractivity contribution is 6.34. The third-order valence-electron chi connectivity index (χ3n) is 4.52. The van der Waals surface area contributed by atoms with Gasteiger partial charge in [0.1, 0.15) is 18.2 Å². The van der Waals surface area contributed by atoms with Gasteiger partial charge in [-0.3, -0.25) is 4.79 Å². The minimum atomic E-state index is -0.588. The van der Waals surface area contributed by atoms with E-state index in [1.54, 1.807) is 36.4 Å². The van der Waals surface area contributed by atoms with E-state index in [-0.39, 0.29) is 5.57 Å². The van der Waals surface area contributed by atoms with E-state index in [1.807, 2.05) is 37.3 Å². The number of aryl methyl sites for hydroxylation is 1. The van der Waals surface area contributed by atoms with Crippen LogP contribution in [0.5, 0.6) is 11.5 Å². The number of benzene rings is 3. The predicted octanol–water partition coefficient (Wildman–Crippen LogP) is 6.44. The number of rotatable bonds is 7. The van der Waals surface area contributed by atoms with E-state index in [2.05, 4.69) is 5.32 Å². The van der Waals surface area contributed by atoms with E-state index in [1.165, 1.54) is 13.2 Å². The average molecular weight is 467 g/mol. The molecule has 3 aromatic carbocycles. The number of methoxy groups -OCH3 is 1. The fourth-order valence-electron chi connectivity index (χ4n) is 2.99. The maximum absolute atomic E-state index is 12.5. The lowest BCUT2D eigenvalue weighted by Gasteiger charge is -2.14. The predicted molar refractivity (Wildman–Crippen MR) is 127 cm³/mol. The van der Waals surface area contributed by atoms with Crippen LogP contribution in [0.15, 0.2) is 66.2 Å². The second kappa shape index (κ2) is 10.7. The van der Waals surface area contributed by atoms with Crippen LogP contribution in [0.1, 0.15) is 16.7 Å². The first-order chi connectivity index (χ1) is 15.4. The van der Waals surface area contributed by atoms with Gasteiger partial charge in [-0.05, 0) is 48.4 Å². The normalized spacial score (nSPS) is 10.9. The van der Waals surface area contributed by atoms with Crippen LogP contribution >= 0.6 is 23.2 Å². The first-order valence-electron chi connectivity index (χ1n) is 9.65. The molecule has 32 heavy (non-hydrogen) atoms. The van der Waals surface area contributed by atoms with E-state index in [0.717, 1.165) is 11.1 Å². The monoisotopic (exact) mass is 466 g/mol. The van der Waals surface area contributed by atoms with Gasteiger partial charge in [-0.1, -0.05) is 65.2 Å². The Labute approximate surface area is 196 Å². The van der Waals surface area contributed by atoms with Crippen LogP contribution in [0.25, 0.3) is 6.08 Å². The highest BCUT2D eigenvalue weighted by atomic mass is 35.5. The lowest BCUT2D eigenvalue weighted by atomic mass is 10.1. The molecule has 0 aliphatic heterocycles. The molecule has 0 unspecified atom stereocenters. The van der Waals surface area contributed by atoms with Gasteiger partial charge in [0, 0.05) is 0 Å². The number of nitriles is 1. The number of nitrogens with zero attached hydrogens (tertiary/aromatic N) is 1. The zero-order valence-corrected chi connectivity index (χ0v) is 19.0. The Balaban J connectivity index is 1.83. The van der Waals surface area contributed by atoms with Crippen molar-refractivity contribution in [2.45, 2.75) is 13.5 Å². The molecule has 1 amide bonds. The van der Waals surface area contributed by atoms with Crippen LogP contribution in [0, 0.1) is 18.3 Å². The van der Waals surface area contributed by atoms with Gasteiger partial charge in [-0.25, -0.2) is 0 Å². The van der Waals surface area contributed by atoms with Gasteiger partial charge in [-0.15, -0.1) is 0 Å². The maximum atomic E-state index is 12.5. The molecule has 0 bridgehead atoms. The zero-order valence-electron chi connectivity index (χ0n) is 17.5. The van der Waals surface area contributed by atoms with Crippen molar-refractivity contribution in [1.82, 2.24) is 0 Å². The van der Waals surface area contributed by atoms with Crippen molar-refractivity contribution in [3.63, 3.8) is 0 Å². The summed E-state index contributed by atoms with van der Waals surface area (Å²) in [5.41, 5.74) is 2.94. The van der Waals surface area contributed by atoms with Crippen molar-refractivity contribution in [2.24, 2.45) is 0 Å². The molecule has 7 heteroatoms. The Bertz CT molecular complexity index is 1220. The molecule has 0 radical (unpaired) electrons. The fourth-order valence-corrected chi connectivity index (χ4v) is 3.44. The van der Waals surface area contributed by atoms with Crippen molar-refractivity contribution in [3.8, 4) is 17.6 Å². The largest absolute Gasteiger partial charge is 0.493 e. The molecule has 3 aromatic rings. The summed E-state index contributed by atoms with van der Waals surface area (Å²) in [5, 5.41) is 12.8. The summed E-state index contributed by atoms with van der Waals surface area (Å²) in [4.78, 5) is 12.5. The molecular formula is C25H20Cl2N2O3. The molecule has 0 aliphatic carbocycles. The number of para-hydroxylation sites is 1. The smallest absolute Gasteiger partial charge is 0.266 e. The Morgan fingerprint density at radius 2 is 1.88 bits per heavy atom. The first-order valence-corrected chi connectivity index (χ1v) is 10.4. The molecule has 0 aliphatic rings. The molecular weight excluding hydrogens is 447 g/mol. The molecule has 3 rings (SSSR count). The summed E-state index contributed by atoms with van der Waals surface area (Å²) in [7, 11) is 1.49. The van der Waals surface area contributed by atoms with Crippen LogP contribution in [0.4, 0.5) is 5.69 Å². The third-order valence-corrected chi connectivity index (χ3v) is 5.13. The van der Waals surface area contributed by atoms with Crippen molar-refractivity contribution in [1.29, 1.82) is 5.26 Å². The quantitative estimate of drug-likeness (QED) is 0.321. The lowest BCUT2D eigenvalue weighted by Crippen LogP contribution is -2.13. The Hall–Kier alpha value is -3.46. The van der Waals surface area contributed by atoms with Crippen LogP contribution in [0.2, 0.25) is 10.0 Å². The standard InChI is InChI=1S/C25H20Cl2N2O3/c1-16-6-5-7-17(10-16)15-32-24-21(27)12-18(13-23(24)31-2)11-19(14-28)25(30)29-22-9-4-3-8-20(22)26/h3-13H,15H2,1-2H3,(H,29,30)/b19-11+. The number of nitrogens with one attached hydrogen (secondary N) is 1. The van der Waals surface area contributed by atoms with E-state index < -0.39 is 5.91 Å². The topological polar surface area (TPSA) is 71.3 Å². The molecule has 5 nitrogen and oxygen atoms in total. The summed E-state index contributed by atoms with van der Waals surface area (Å²) >= 11 is 12.5. The van der Waals surface area contributed by atoms with Crippen LogP contribution in [-0.4, -0.2) is 13.0 Å². The molecule has 1 N–H and O–H groups in total. The number of amides is 1. The SMILES string of the molecule is COc1cc(/C=C(\C#N)C(=O)Nc2ccccc2Cl)cc(Cl)c1OCc1cccc(C)c1. The number of anilines is 1. The van der Waals surface area contributed by atoms with Gasteiger partial charge >= 0.3 is 0 Å². The zero-order chi connectivity index (χ0) is 23.1. The maximum Gasteiger partial charge on any atom is 0.266 e. The van der Waals surface area contributed by atoms with Crippen molar-refractivity contribution in [3.05, 3.63) is 93.0 Å². The fraction of sp³-hybridized carbons (Fsp3) is 0.120. The second-order valence-corrected chi connectivity index (χ2v) is 7.73. The van der Waals surface area contributed by atoms with Gasteiger partial charge in [0.05, 0.1) is 22.8 Å². The van der Waals surface area contributed by atoms with Gasteiger partial charge in [0.2, 0.25) is 0 Å². The first kappa shape index (κ1) is 23.2. The van der Waals surface area contributed by atoms with Gasteiger partial charge in [0.15, 0.2) is 11.5 Å². The molecule has 0 fully saturated rings.